The molecule has 0 spiro atoms. The standard InChI is InChI=1S/C23H29NO4/c1-16(24-23(25)19-8-6-7-17(13-19)15-26-2)18-11-12-21(22(14-18)27-3)28-20-9-4-5-10-20/h6-8,11-14,16,20H,4-5,9-10,15H2,1-3H3,(H,24,25). The van der Waals surface area contributed by atoms with Gasteiger partial charge in [0.2, 0.25) is 0 Å². The van der Waals surface area contributed by atoms with Crippen LogP contribution in [0.2, 0.25) is 0 Å². The fourth-order valence-electron chi connectivity index (χ4n) is 3.57. The Kier molecular flexibility index (Phi) is 6.93. The van der Waals surface area contributed by atoms with Gasteiger partial charge in [0.15, 0.2) is 11.5 Å². The fraction of sp³-hybridized carbons (Fsp3) is 0.435. The van der Waals surface area contributed by atoms with E-state index >= 15 is 0 Å². The predicted octanol–water partition coefficient (Wildman–Crippen LogP) is 4.65. The zero-order valence-electron chi connectivity index (χ0n) is 16.9. The summed E-state index contributed by atoms with van der Waals surface area (Å²) in [6.45, 7) is 2.44. The number of amides is 1. The van der Waals surface area contributed by atoms with E-state index < -0.39 is 0 Å². The predicted molar refractivity (Wildman–Crippen MR) is 109 cm³/mol. The molecule has 1 unspecified atom stereocenters. The first kappa shape index (κ1) is 20.2. The van der Waals surface area contributed by atoms with E-state index in [1.54, 1.807) is 20.3 Å². The smallest absolute Gasteiger partial charge is 0.251 e. The number of methoxy groups -OCH3 is 2. The highest BCUT2D eigenvalue weighted by atomic mass is 16.5. The minimum absolute atomic E-state index is 0.115. The average Bonchev–Trinajstić information content (AvgIpc) is 3.21. The molecule has 1 aliphatic rings. The van der Waals surface area contributed by atoms with Crippen LogP contribution < -0.4 is 14.8 Å². The zero-order chi connectivity index (χ0) is 19.9. The normalized spacial score (nSPS) is 15.2. The van der Waals surface area contributed by atoms with Crippen LogP contribution in [0.5, 0.6) is 11.5 Å². The maximum absolute atomic E-state index is 12.6. The summed E-state index contributed by atoms with van der Waals surface area (Å²) >= 11 is 0. The molecule has 0 heterocycles. The monoisotopic (exact) mass is 383 g/mol. The third-order valence-electron chi connectivity index (χ3n) is 5.13. The van der Waals surface area contributed by atoms with Crippen molar-refractivity contribution in [3.05, 3.63) is 59.2 Å². The molecular formula is C23H29NO4. The van der Waals surface area contributed by atoms with Crippen molar-refractivity contribution in [2.75, 3.05) is 14.2 Å². The van der Waals surface area contributed by atoms with Crippen molar-refractivity contribution in [3.63, 3.8) is 0 Å². The lowest BCUT2D eigenvalue weighted by Crippen LogP contribution is -2.26. The SMILES string of the molecule is COCc1cccc(C(=O)NC(C)c2ccc(OC3CCCC3)c(OC)c2)c1. The van der Waals surface area contributed by atoms with E-state index in [1.807, 2.05) is 43.3 Å². The lowest BCUT2D eigenvalue weighted by molar-refractivity contribution is 0.0939. The highest BCUT2D eigenvalue weighted by Gasteiger charge is 2.19. The van der Waals surface area contributed by atoms with Crippen LogP contribution >= 0.6 is 0 Å². The Hall–Kier alpha value is -2.53. The van der Waals surface area contributed by atoms with Gasteiger partial charge in [0.1, 0.15) is 0 Å². The van der Waals surface area contributed by atoms with Gasteiger partial charge in [0.25, 0.3) is 5.91 Å². The van der Waals surface area contributed by atoms with Gasteiger partial charge in [-0.15, -0.1) is 0 Å². The molecule has 1 aliphatic carbocycles. The number of benzene rings is 2. The molecule has 2 aromatic carbocycles. The molecule has 0 bridgehead atoms. The van der Waals surface area contributed by atoms with Crippen molar-refractivity contribution in [2.24, 2.45) is 0 Å². The average molecular weight is 383 g/mol. The highest BCUT2D eigenvalue weighted by Crippen LogP contribution is 2.33. The summed E-state index contributed by atoms with van der Waals surface area (Å²) in [6, 6.07) is 13.2. The maximum atomic E-state index is 12.6. The van der Waals surface area contributed by atoms with Crippen molar-refractivity contribution in [1.82, 2.24) is 5.32 Å². The highest BCUT2D eigenvalue weighted by molar-refractivity contribution is 5.94. The molecule has 0 saturated heterocycles. The first-order chi connectivity index (χ1) is 13.6. The van der Waals surface area contributed by atoms with E-state index in [2.05, 4.69) is 5.32 Å². The van der Waals surface area contributed by atoms with Crippen molar-refractivity contribution in [3.8, 4) is 11.5 Å². The van der Waals surface area contributed by atoms with Crippen molar-refractivity contribution in [2.45, 2.75) is 51.4 Å². The number of hydrogen-bond acceptors (Lipinski definition) is 4. The first-order valence-corrected chi connectivity index (χ1v) is 9.84. The summed E-state index contributed by atoms with van der Waals surface area (Å²) in [4.78, 5) is 12.6. The third kappa shape index (κ3) is 5.04. The molecule has 3 rings (SSSR count). The van der Waals surface area contributed by atoms with E-state index in [-0.39, 0.29) is 18.1 Å². The van der Waals surface area contributed by atoms with E-state index in [4.69, 9.17) is 14.2 Å². The van der Waals surface area contributed by atoms with Gasteiger partial charge >= 0.3 is 0 Å². The second-order valence-corrected chi connectivity index (χ2v) is 7.26. The van der Waals surface area contributed by atoms with Gasteiger partial charge in [-0.05, 0) is 68.0 Å². The Morgan fingerprint density at radius 2 is 1.89 bits per heavy atom. The quantitative estimate of drug-likeness (QED) is 0.721. The van der Waals surface area contributed by atoms with Crippen LogP contribution in [0.15, 0.2) is 42.5 Å². The molecule has 5 heteroatoms. The largest absolute Gasteiger partial charge is 0.493 e. The molecule has 150 valence electrons. The van der Waals surface area contributed by atoms with Crippen LogP contribution in [0.1, 0.15) is 60.1 Å². The van der Waals surface area contributed by atoms with Gasteiger partial charge in [-0.1, -0.05) is 18.2 Å². The molecule has 1 fully saturated rings. The summed E-state index contributed by atoms with van der Waals surface area (Å²) in [7, 11) is 3.29. The Balaban J connectivity index is 1.68. The molecule has 1 amide bonds. The molecule has 2 aromatic rings. The Bertz CT molecular complexity index is 799. The molecule has 0 aromatic heterocycles. The first-order valence-electron chi connectivity index (χ1n) is 9.84. The number of nitrogens with one attached hydrogen (secondary N) is 1. The molecule has 5 nitrogen and oxygen atoms in total. The van der Waals surface area contributed by atoms with E-state index in [0.717, 1.165) is 29.7 Å². The van der Waals surface area contributed by atoms with Gasteiger partial charge in [0, 0.05) is 12.7 Å². The van der Waals surface area contributed by atoms with Crippen molar-refractivity contribution >= 4 is 5.91 Å². The van der Waals surface area contributed by atoms with E-state index in [1.165, 1.54) is 12.8 Å². The Morgan fingerprint density at radius 1 is 1.11 bits per heavy atom. The van der Waals surface area contributed by atoms with Gasteiger partial charge < -0.3 is 19.5 Å². The van der Waals surface area contributed by atoms with Crippen LogP contribution in [-0.2, 0) is 11.3 Å². The zero-order valence-corrected chi connectivity index (χ0v) is 16.9. The topological polar surface area (TPSA) is 56.8 Å². The number of hydrogen-bond donors (Lipinski definition) is 1. The number of carbonyl (C=O) groups excluding carboxylic acids is 1. The Labute approximate surface area is 167 Å². The van der Waals surface area contributed by atoms with E-state index in [0.29, 0.717) is 17.9 Å². The summed E-state index contributed by atoms with van der Waals surface area (Å²) in [5, 5.41) is 3.05. The molecule has 1 atom stereocenters. The number of ether oxygens (including phenoxy) is 3. The van der Waals surface area contributed by atoms with Crippen molar-refractivity contribution in [1.29, 1.82) is 0 Å². The number of rotatable bonds is 8. The van der Waals surface area contributed by atoms with Gasteiger partial charge in [-0.3, -0.25) is 4.79 Å². The maximum Gasteiger partial charge on any atom is 0.251 e. The summed E-state index contributed by atoms with van der Waals surface area (Å²) in [6.07, 6.45) is 4.91. The van der Waals surface area contributed by atoms with Gasteiger partial charge in [0.05, 0.1) is 25.9 Å². The lowest BCUT2D eigenvalue weighted by Gasteiger charge is -2.19. The molecule has 28 heavy (non-hydrogen) atoms. The van der Waals surface area contributed by atoms with Crippen LogP contribution in [-0.4, -0.2) is 26.2 Å². The van der Waals surface area contributed by atoms with Crippen LogP contribution in [0.4, 0.5) is 0 Å². The van der Waals surface area contributed by atoms with Gasteiger partial charge in [-0.25, -0.2) is 0 Å². The minimum atomic E-state index is -0.159. The van der Waals surface area contributed by atoms with Crippen LogP contribution in [0.3, 0.4) is 0 Å². The van der Waals surface area contributed by atoms with Crippen LogP contribution in [0, 0.1) is 0 Å². The molecule has 1 N–H and O–H groups in total. The summed E-state index contributed by atoms with van der Waals surface area (Å²) in [5.41, 5.74) is 2.56. The molecule has 0 aliphatic heterocycles. The van der Waals surface area contributed by atoms with Gasteiger partial charge in [-0.2, -0.15) is 0 Å². The molecule has 1 saturated carbocycles. The van der Waals surface area contributed by atoms with Crippen molar-refractivity contribution < 1.29 is 19.0 Å². The number of carbonyl (C=O) groups is 1. The molecule has 0 radical (unpaired) electrons. The van der Waals surface area contributed by atoms with E-state index in [9.17, 15) is 4.79 Å². The molecular weight excluding hydrogens is 354 g/mol. The fourth-order valence-corrected chi connectivity index (χ4v) is 3.57. The third-order valence-corrected chi connectivity index (χ3v) is 5.13. The summed E-state index contributed by atoms with van der Waals surface area (Å²) in [5.74, 6) is 1.35. The lowest BCUT2D eigenvalue weighted by atomic mass is 10.1. The Morgan fingerprint density at radius 3 is 2.61 bits per heavy atom. The minimum Gasteiger partial charge on any atom is -0.493 e. The summed E-state index contributed by atoms with van der Waals surface area (Å²) < 4.78 is 16.8. The second kappa shape index (κ2) is 9.60. The van der Waals surface area contributed by atoms with Crippen LogP contribution in [0.25, 0.3) is 0 Å². The second-order valence-electron chi connectivity index (χ2n) is 7.26.